The molecular formula is C14H20F3N. The van der Waals surface area contributed by atoms with Gasteiger partial charge in [0, 0.05) is 6.04 Å². The molecule has 102 valence electrons. The van der Waals surface area contributed by atoms with Crippen LogP contribution in [0.15, 0.2) is 24.3 Å². The summed E-state index contributed by atoms with van der Waals surface area (Å²) in [6.07, 6.45) is -2.93. The molecule has 0 aromatic heterocycles. The van der Waals surface area contributed by atoms with E-state index in [1.165, 1.54) is 12.1 Å². The largest absolute Gasteiger partial charge is 0.416 e. The summed E-state index contributed by atoms with van der Waals surface area (Å²) in [5.74, 6) is 0. The van der Waals surface area contributed by atoms with Crippen molar-refractivity contribution in [1.82, 2.24) is 0 Å². The zero-order valence-electron chi connectivity index (χ0n) is 11.0. The summed E-state index contributed by atoms with van der Waals surface area (Å²) < 4.78 is 37.7. The Balaban J connectivity index is 2.86. The minimum absolute atomic E-state index is 0.0752. The molecule has 0 spiro atoms. The molecule has 1 aromatic carbocycles. The van der Waals surface area contributed by atoms with E-state index in [1.807, 2.05) is 20.8 Å². The van der Waals surface area contributed by atoms with E-state index < -0.39 is 11.7 Å². The van der Waals surface area contributed by atoms with Gasteiger partial charge in [0.05, 0.1) is 5.56 Å². The molecule has 0 radical (unpaired) electrons. The van der Waals surface area contributed by atoms with Crippen molar-refractivity contribution in [1.29, 1.82) is 0 Å². The van der Waals surface area contributed by atoms with E-state index in [0.717, 1.165) is 12.5 Å². The molecule has 0 aliphatic rings. The predicted octanol–water partition coefficient (Wildman–Crippen LogP) is 4.01. The third kappa shape index (κ3) is 3.73. The first-order valence-corrected chi connectivity index (χ1v) is 6.08. The highest BCUT2D eigenvalue weighted by Gasteiger charge is 2.31. The van der Waals surface area contributed by atoms with Crippen LogP contribution < -0.4 is 5.73 Å². The molecule has 0 fully saturated rings. The number of rotatable bonds is 4. The molecule has 1 unspecified atom stereocenters. The monoisotopic (exact) mass is 259 g/mol. The van der Waals surface area contributed by atoms with E-state index in [4.69, 9.17) is 5.73 Å². The summed E-state index contributed by atoms with van der Waals surface area (Å²) in [6.45, 7) is 6.10. The fourth-order valence-corrected chi connectivity index (χ4v) is 1.67. The van der Waals surface area contributed by atoms with E-state index in [9.17, 15) is 13.2 Å². The highest BCUT2D eigenvalue weighted by molar-refractivity contribution is 5.26. The van der Waals surface area contributed by atoms with Crippen LogP contribution in [0.4, 0.5) is 13.2 Å². The normalized spacial score (nSPS) is 14.6. The smallest absolute Gasteiger partial charge is 0.327 e. The molecule has 0 bridgehead atoms. The minimum atomic E-state index is -4.29. The molecule has 0 saturated heterocycles. The Morgan fingerprint density at radius 2 is 1.83 bits per heavy atom. The molecule has 0 amide bonds. The summed E-state index contributed by atoms with van der Waals surface area (Å²) in [5, 5.41) is 0. The van der Waals surface area contributed by atoms with Gasteiger partial charge in [-0.3, -0.25) is 0 Å². The maximum Gasteiger partial charge on any atom is 0.416 e. The second kappa shape index (κ2) is 5.31. The second-order valence-electron chi connectivity index (χ2n) is 5.35. The number of alkyl halides is 3. The van der Waals surface area contributed by atoms with Crippen LogP contribution in [-0.4, -0.2) is 6.04 Å². The maximum atomic E-state index is 12.6. The van der Waals surface area contributed by atoms with Gasteiger partial charge in [-0.2, -0.15) is 13.2 Å². The summed E-state index contributed by atoms with van der Waals surface area (Å²) in [7, 11) is 0. The van der Waals surface area contributed by atoms with Crippen molar-refractivity contribution in [3.8, 4) is 0 Å². The Labute approximate surface area is 106 Å². The SMILES string of the molecule is CCC(C)(C)C(N)Cc1cccc(C(F)(F)F)c1. The molecule has 4 heteroatoms. The van der Waals surface area contributed by atoms with Gasteiger partial charge in [0.15, 0.2) is 0 Å². The van der Waals surface area contributed by atoms with Gasteiger partial charge in [-0.1, -0.05) is 39.0 Å². The van der Waals surface area contributed by atoms with Crippen molar-refractivity contribution in [2.75, 3.05) is 0 Å². The van der Waals surface area contributed by atoms with Crippen LogP contribution in [0.1, 0.15) is 38.3 Å². The molecular weight excluding hydrogens is 239 g/mol. The van der Waals surface area contributed by atoms with Crippen molar-refractivity contribution in [3.05, 3.63) is 35.4 Å². The molecule has 1 aromatic rings. The lowest BCUT2D eigenvalue weighted by atomic mass is 9.79. The number of hydrogen-bond acceptors (Lipinski definition) is 1. The number of hydrogen-bond donors (Lipinski definition) is 1. The van der Waals surface area contributed by atoms with Crippen LogP contribution in [0.25, 0.3) is 0 Å². The second-order valence-corrected chi connectivity index (χ2v) is 5.35. The first kappa shape index (κ1) is 15.0. The summed E-state index contributed by atoms with van der Waals surface area (Å²) in [6, 6.07) is 5.25. The van der Waals surface area contributed by atoms with Crippen molar-refractivity contribution in [2.24, 2.45) is 11.1 Å². The molecule has 0 saturated carbocycles. The molecule has 1 atom stereocenters. The van der Waals surface area contributed by atoms with E-state index in [1.54, 1.807) is 6.07 Å². The first-order valence-electron chi connectivity index (χ1n) is 6.08. The highest BCUT2D eigenvalue weighted by atomic mass is 19.4. The molecule has 1 nitrogen and oxygen atoms in total. The number of halogens is 3. The van der Waals surface area contributed by atoms with E-state index in [2.05, 4.69) is 0 Å². The fourth-order valence-electron chi connectivity index (χ4n) is 1.67. The zero-order chi connectivity index (χ0) is 14.0. The lowest BCUT2D eigenvalue weighted by Crippen LogP contribution is -2.38. The summed E-state index contributed by atoms with van der Waals surface area (Å²) >= 11 is 0. The van der Waals surface area contributed by atoms with Gasteiger partial charge in [0.25, 0.3) is 0 Å². The van der Waals surface area contributed by atoms with Crippen LogP contribution in [0.3, 0.4) is 0 Å². The first-order chi connectivity index (χ1) is 8.16. The van der Waals surface area contributed by atoms with Gasteiger partial charge in [0.1, 0.15) is 0 Å². The Bertz CT molecular complexity index is 396. The van der Waals surface area contributed by atoms with Crippen LogP contribution in [-0.2, 0) is 12.6 Å². The minimum Gasteiger partial charge on any atom is -0.327 e. The van der Waals surface area contributed by atoms with Crippen molar-refractivity contribution in [3.63, 3.8) is 0 Å². The Kier molecular flexibility index (Phi) is 4.43. The molecule has 0 heterocycles. The van der Waals surface area contributed by atoms with Crippen molar-refractivity contribution < 1.29 is 13.2 Å². The van der Waals surface area contributed by atoms with E-state index in [-0.39, 0.29) is 11.5 Å². The number of benzene rings is 1. The lowest BCUT2D eigenvalue weighted by molar-refractivity contribution is -0.137. The van der Waals surface area contributed by atoms with Crippen LogP contribution in [0.5, 0.6) is 0 Å². The van der Waals surface area contributed by atoms with Gasteiger partial charge in [-0.05, 0) is 29.9 Å². The molecule has 18 heavy (non-hydrogen) atoms. The Morgan fingerprint density at radius 1 is 1.22 bits per heavy atom. The van der Waals surface area contributed by atoms with E-state index >= 15 is 0 Å². The lowest BCUT2D eigenvalue weighted by Gasteiger charge is -2.30. The van der Waals surface area contributed by atoms with Crippen LogP contribution in [0, 0.1) is 5.41 Å². The molecule has 1 rings (SSSR count). The topological polar surface area (TPSA) is 26.0 Å². The fraction of sp³-hybridized carbons (Fsp3) is 0.571. The third-order valence-corrected chi connectivity index (χ3v) is 3.62. The van der Waals surface area contributed by atoms with Gasteiger partial charge in [-0.25, -0.2) is 0 Å². The van der Waals surface area contributed by atoms with Crippen LogP contribution >= 0.6 is 0 Å². The molecule has 2 N–H and O–H groups in total. The average Bonchev–Trinajstić information content (AvgIpc) is 2.28. The third-order valence-electron chi connectivity index (χ3n) is 3.62. The average molecular weight is 259 g/mol. The van der Waals surface area contributed by atoms with Gasteiger partial charge in [-0.15, -0.1) is 0 Å². The highest BCUT2D eigenvalue weighted by Crippen LogP contribution is 2.31. The van der Waals surface area contributed by atoms with Crippen molar-refractivity contribution >= 4 is 0 Å². The summed E-state index contributed by atoms with van der Waals surface area (Å²) in [5.41, 5.74) is 6.02. The predicted molar refractivity (Wildman–Crippen MR) is 67.2 cm³/mol. The molecule has 0 aliphatic carbocycles. The quantitative estimate of drug-likeness (QED) is 0.868. The number of nitrogens with two attached hydrogens (primary N) is 1. The standard InChI is InChI=1S/C14H20F3N/c1-4-13(2,3)12(18)9-10-6-5-7-11(8-10)14(15,16)17/h5-8,12H,4,9,18H2,1-3H3. The van der Waals surface area contributed by atoms with Gasteiger partial charge >= 0.3 is 6.18 Å². The van der Waals surface area contributed by atoms with Crippen molar-refractivity contribution in [2.45, 2.75) is 45.8 Å². The van der Waals surface area contributed by atoms with Crippen LogP contribution in [0.2, 0.25) is 0 Å². The zero-order valence-corrected chi connectivity index (χ0v) is 11.0. The Hall–Kier alpha value is -1.03. The van der Waals surface area contributed by atoms with E-state index in [0.29, 0.717) is 12.0 Å². The Morgan fingerprint density at radius 3 is 2.33 bits per heavy atom. The maximum absolute atomic E-state index is 12.6. The van der Waals surface area contributed by atoms with Gasteiger partial charge in [0.2, 0.25) is 0 Å². The summed E-state index contributed by atoms with van der Waals surface area (Å²) in [4.78, 5) is 0. The molecule has 0 aliphatic heterocycles. The van der Waals surface area contributed by atoms with Gasteiger partial charge < -0.3 is 5.73 Å².